The molecule has 3 aromatic carbocycles. The Balaban J connectivity index is 1.20. The number of carboxylic acids is 1. The number of hydrogen-bond donors (Lipinski definition) is 1. The van der Waals surface area contributed by atoms with Gasteiger partial charge in [0.25, 0.3) is 5.92 Å². The Hall–Kier alpha value is -4.60. The van der Waals surface area contributed by atoms with Gasteiger partial charge in [0.1, 0.15) is 24.0 Å². The van der Waals surface area contributed by atoms with Crippen LogP contribution < -0.4 is 9.64 Å². The van der Waals surface area contributed by atoms with E-state index < -0.39 is 36.7 Å². The van der Waals surface area contributed by atoms with E-state index >= 15 is 4.39 Å². The third kappa shape index (κ3) is 5.44. The molecule has 1 aliphatic heterocycles. The fourth-order valence-electron chi connectivity index (χ4n) is 6.47. The molecule has 0 unspecified atom stereocenters. The number of alkyl halides is 2. The largest absolute Gasteiger partial charge is 0.487 e. The molecule has 0 spiro atoms. The normalized spacial score (nSPS) is 19.7. The second-order valence-corrected chi connectivity index (χ2v) is 11.8. The van der Waals surface area contributed by atoms with Gasteiger partial charge in [-0.25, -0.2) is 23.1 Å². The van der Waals surface area contributed by atoms with Crippen molar-refractivity contribution in [3.63, 3.8) is 0 Å². The third-order valence-electron chi connectivity index (χ3n) is 8.78. The highest BCUT2D eigenvalue weighted by Gasteiger charge is 2.44. The van der Waals surface area contributed by atoms with Gasteiger partial charge < -0.3 is 19.3 Å². The lowest BCUT2D eigenvalue weighted by atomic mass is 9.78. The molecular weight excluding hydrogens is 569 g/mol. The lowest BCUT2D eigenvalue weighted by molar-refractivity contribution is -0.143. The van der Waals surface area contributed by atoms with Crippen molar-refractivity contribution in [2.75, 3.05) is 18.0 Å². The number of imidazole rings is 1. The maximum Gasteiger partial charge on any atom is 0.307 e. The average Bonchev–Trinajstić information content (AvgIpc) is 3.36. The molecule has 0 amide bonds. The molecule has 7 rings (SSSR count). The standard InChI is InChI=1S/C34H31F3N4O3/c35-28-15-24(40-19-34(36,37)20-40)12-10-22(28)17-41-31-14-13-25(44-18-23-11-9-21-5-1-4-8-29(21)38-23)16-30(31)39-32(41)26-6-2-3-7-27(26)33(42)43/h1,4-5,8-16,26-27H,2-3,6-7,17-20H2,(H,42,43)/t26-,27+/m0/s1. The predicted octanol–water partition coefficient (Wildman–Crippen LogP) is 7.16. The number of benzene rings is 3. The summed E-state index contributed by atoms with van der Waals surface area (Å²) in [5.74, 6) is -3.85. The average molecular weight is 601 g/mol. The second-order valence-electron chi connectivity index (χ2n) is 11.8. The molecule has 0 radical (unpaired) electrons. The first-order valence-corrected chi connectivity index (χ1v) is 14.9. The van der Waals surface area contributed by atoms with E-state index in [-0.39, 0.29) is 19.1 Å². The molecule has 3 heterocycles. The number of anilines is 1. The van der Waals surface area contributed by atoms with Crippen LogP contribution in [0.25, 0.3) is 21.9 Å². The lowest BCUT2D eigenvalue weighted by Gasteiger charge is -2.40. The van der Waals surface area contributed by atoms with E-state index in [0.29, 0.717) is 41.2 Å². The van der Waals surface area contributed by atoms with Crippen LogP contribution in [-0.4, -0.2) is 44.6 Å². The summed E-state index contributed by atoms with van der Waals surface area (Å²) in [4.78, 5) is 23.3. The van der Waals surface area contributed by atoms with Gasteiger partial charge in [0.05, 0.1) is 47.8 Å². The van der Waals surface area contributed by atoms with Crippen molar-refractivity contribution in [1.82, 2.24) is 14.5 Å². The van der Waals surface area contributed by atoms with E-state index in [4.69, 9.17) is 9.72 Å². The van der Waals surface area contributed by atoms with E-state index in [1.165, 1.54) is 11.0 Å². The number of aliphatic carboxylic acids is 1. The number of rotatable bonds is 8. The van der Waals surface area contributed by atoms with Crippen molar-refractivity contribution in [1.29, 1.82) is 0 Å². The summed E-state index contributed by atoms with van der Waals surface area (Å²) in [6, 6.07) is 21.9. The zero-order valence-corrected chi connectivity index (χ0v) is 23.9. The maximum atomic E-state index is 15.4. The number of pyridine rings is 1. The summed E-state index contributed by atoms with van der Waals surface area (Å²) >= 11 is 0. The molecule has 2 aliphatic rings. The first-order chi connectivity index (χ1) is 21.2. The molecule has 1 N–H and O–H groups in total. The number of carboxylic acid groups (broad SMARTS) is 1. The van der Waals surface area contributed by atoms with Crippen LogP contribution in [0.1, 0.15) is 48.7 Å². The van der Waals surface area contributed by atoms with E-state index in [0.717, 1.165) is 35.0 Å². The molecule has 1 saturated carbocycles. The summed E-state index contributed by atoms with van der Waals surface area (Å²) in [6.45, 7) is -0.477. The molecular formula is C34H31F3N4O3. The fraction of sp³-hybridized carbons (Fsp3) is 0.324. The van der Waals surface area contributed by atoms with Crippen molar-refractivity contribution in [2.45, 2.75) is 50.7 Å². The highest BCUT2D eigenvalue weighted by molar-refractivity contribution is 5.79. The van der Waals surface area contributed by atoms with E-state index in [2.05, 4.69) is 4.98 Å². The van der Waals surface area contributed by atoms with Gasteiger partial charge in [-0.15, -0.1) is 0 Å². The minimum absolute atomic E-state index is 0.123. The summed E-state index contributed by atoms with van der Waals surface area (Å²) < 4.78 is 50.1. The molecule has 226 valence electrons. The van der Waals surface area contributed by atoms with Crippen LogP contribution in [0.2, 0.25) is 0 Å². The number of carbonyl (C=O) groups is 1. The Bertz CT molecular complexity index is 1870. The molecule has 44 heavy (non-hydrogen) atoms. The first-order valence-electron chi connectivity index (χ1n) is 14.9. The van der Waals surface area contributed by atoms with Gasteiger partial charge in [-0.05, 0) is 49.2 Å². The van der Waals surface area contributed by atoms with Gasteiger partial charge in [0.2, 0.25) is 0 Å². The monoisotopic (exact) mass is 600 g/mol. The second kappa shape index (κ2) is 11.2. The number of hydrogen-bond acceptors (Lipinski definition) is 5. The number of nitrogens with zero attached hydrogens (tertiary/aromatic N) is 4. The van der Waals surface area contributed by atoms with Gasteiger partial charge >= 0.3 is 5.97 Å². The van der Waals surface area contributed by atoms with Crippen molar-refractivity contribution in [2.24, 2.45) is 5.92 Å². The van der Waals surface area contributed by atoms with Crippen LogP contribution in [0.15, 0.2) is 72.8 Å². The topological polar surface area (TPSA) is 80.5 Å². The smallest absolute Gasteiger partial charge is 0.307 e. The van der Waals surface area contributed by atoms with Crippen LogP contribution in [0.4, 0.5) is 18.9 Å². The van der Waals surface area contributed by atoms with Crippen LogP contribution in [-0.2, 0) is 17.9 Å². The summed E-state index contributed by atoms with van der Waals surface area (Å²) in [6.07, 6.45) is 2.94. The third-order valence-corrected chi connectivity index (χ3v) is 8.78. The Morgan fingerprint density at radius 2 is 1.77 bits per heavy atom. The zero-order chi connectivity index (χ0) is 30.4. The molecule has 7 nitrogen and oxygen atoms in total. The molecule has 2 fully saturated rings. The number of para-hydroxylation sites is 1. The summed E-state index contributed by atoms with van der Waals surface area (Å²) in [7, 11) is 0. The van der Waals surface area contributed by atoms with Crippen molar-refractivity contribution in [3.8, 4) is 5.75 Å². The highest BCUT2D eigenvalue weighted by Crippen LogP contribution is 2.40. The molecule has 1 aliphatic carbocycles. The number of halogens is 3. The van der Waals surface area contributed by atoms with Crippen LogP contribution in [0.3, 0.4) is 0 Å². The summed E-state index contributed by atoms with van der Waals surface area (Å²) in [5, 5.41) is 11.1. The Kier molecular flexibility index (Phi) is 7.14. The quantitative estimate of drug-likeness (QED) is 0.204. The minimum Gasteiger partial charge on any atom is -0.487 e. The zero-order valence-electron chi connectivity index (χ0n) is 23.9. The Morgan fingerprint density at radius 1 is 0.955 bits per heavy atom. The molecule has 0 bridgehead atoms. The van der Waals surface area contributed by atoms with Gasteiger partial charge in [-0.3, -0.25) is 4.79 Å². The van der Waals surface area contributed by atoms with Gasteiger partial charge in [0, 0.05) is 28.6 Å². The first kappa shape index (κ1) is 28.2. The van der Waals surface area contributed by atoms with Gasteiger partial charge in [-0.1, -0.05) is 43.2 Å². The van der Waals surface area contributed by atoms with E-state index in [1.54, 1.807) is 12.1 Å². The number of fused-ring (bicyclic) bond motifs is 2. The number of aromatic nitrogens is 3. The number of ether oxygens (including phenoxy) is 1. The Morgan fingerprint density at radius 3 is 2.57 bits per heavy atom. The molecule has 10 heteroatoms. The van der Waals surface area contributed by atoms with Crippen molar-refractivity contribution < 1.29 is 27.8 Å². The van der Waals surface area contributed by atoms with Crippen molar-refractivity contribution in [3.05, 3.63) is 95.7 Å². The fourth-order valence-corrected chi connectivity index (χ4v) is 6.47. The van der Waals surface area contributed by atoms with Gasteiger partial charge in [0.15, 0.2) is 0 Å². The Labute approximate surface area is 251 Å². The molecule has 2 aromatic heterocycles. The molecule has 1 saturated heterocycles. The van der Waals surface area contributed by atoms with Crippen LogP contribution in [0.5, 0.6) is 5.75 Å². The van der Waals surface area contributed by atoms with Gasteiger partial charge in [-0.2, -0.15) is 0 Å². The SMILES string of the molecule is O=C(O)[C@@H]1CCCC[C@@H]1c1nc2cc(OCc3ccc4ccccc4n3)ccc2n1Cc1ccc(N2CC(F)(F)C2)cc1F. The molecule has 5 aromatic rings. The minimum atomic E-state index is -2.75. The lowest BCUT2D eigenvalue weighted by Crippen LogP contribution is -2.56. The van der Waals surface area contributed by atoms with Crippen molar-refractivity contribution >= 4 is 33.6 Å². The van der Waals surface area contributed by atoms with Crippen LogP contribution >= 0.6 is 0 Å². The van der Waals surface area contributed by atoms with E-state index in [1.807, 2.05) is 59.2 Å². The molecule has 2 atom stereocenters. The van der Waals surface area contributed by atoms with Crippen LogP contribution in [0, 0.1) is 11.7 Å². The summed E-state index contributed by atoms with van der Waals surface area (Å²) in [5.41, 5.74) is 3.80. The highest BCUT2D eigenvalue weighted by atomic mass is 19.3. The maximum absolute atomic E-state index is 15.4. The predicted molar refractivity (Wildman–Crippen MR) is 161 cm³/mol. The van der Waals surface area contributed by atoms with E-state index in [9.17, 15) is 18.7 Å².